The van der Waals surface area contributed by atoms with E-state index in [9.17, 15) is 19.2 Å². The third-order valence-corrected chi connectivity index (χ3v) is 4.48. The van der Waals surface area contributed by atoms with Gasteiger partial charge in [0.2, 0.25) is 24.1 Å². The quantitative estimate of drug-likeness (QED) is 0.236. The number of carbonyl (C=O) groups excluding carboxylic acids is 4. The molecule has 166 valence electrons. The summed E-state index contributed by atoms with van der Waals surface area (Å²) >= 11 is 0. The lowest BCUT2D eigenvalue weighted by Crippen LogP contribution is -2.53. The van der Waals surface area contributed by atoms with E-state index in [1.54, 1.807) is 31.2 Å². The Morgan fingerprint density at radius 1 is 1.00 bits per heavy atom. The first-order chi connectivity index (χ1) is 14.3. The largest absolute Gasteiger partial charge is 0.392 e. The highest BCUT2D eigenvalue weighted by Crippen LogP contribution is 2.10. The zero-order chi connectivity index (χ0) is 22.5. The number of unbranched alkanes of at least 4 members (excludes halogenated alkanes) is 1. The van der Waals surface area contributed by atoms with E-state index < -0.39 is 23.9 Å². The fraction of sp³-hybridized carbons (Fsp3) is 0.524. The second-order valence-electron chi connectivity index (χ2n) is 7.39. The van der Waals surface area contributed by atoms with Crippen LogP contribution in [-0.2, 0) is 25.8 Å². The van der Waals surface area contributed by atoms with E-state index in [4.69, 9.17) is 5.11 Å². The fourth-order valence-corrected chi connectivity index (χ4v) is 2.66. The molecule has 0 saturated carbocycles. The molecule has 0 bridgehead atoms. The van der Waals surface area contributed by atoms with Crippen LogP contribution in [0.3, 0.4) is 0 Å². The first-order valence-electron chi connectivity index (χ1n) is 10.1. The zero-order valence-electron chi connectivity index (χ0n) is 17.7. The van der Waals surface area contributed by atoms with Crippen LogP contribution in [0.2, 0.25) is 0 Å². The van der Waals surface area contributed by atoms with Gasteiger partial charge in [-0.1, -0.05) is 26.0 Å². The van der Waals surface area contributed by atoms with E-state index in [1.165, 1.54) is 0 Å². The van der Waals surface area contributed by atoms with Gasteiger partial charge in [-0.25, -0.2) is 0 Å². The Balaban J connectivity index is 2.54. The van der Waals surface area contributed by atoms with Gasteiger partial charge in [-0.15, -0.1) is 0 Å². The maximum absolute atomic E-state index is 12.6. The Hall–Kier alpha value is -2.94. The third-order valence-electron chi connectivity index (χ3n) is 4.48. The zero-order valence-corrected chi connectivity index (χ0v) is 17.7. The Morgan fingerprint density at radius 3 is 2.23 bits per heavy atom. The normalized spacial score (nSPS) is 12.6. The van der Waals surface area contributed by atoms with Crippen LogP contribution in [0.25, 0.3) is 0 Å². The van der Waals surface area contributed by atoms with Crippen LogP contribution < -0.4 is 21.3 Å². The summed E-state index contributed by atoms with van der Waals surface area (Å²) in [6.07, 6.45) is 2.12. The minimum atomic E-state index is -0.803. The fourth-order valence-electron chi connectivity index (χ4n) is 2.66. The predicted octanol–water partition coefficient (Wildman–Crippen LogP) is 0.679. The van der Waals surface area contributed by atoms with E-state index in [2.05, 4.69) is 21.3 Å². The summed E-state index contributed by atoms with van der Waals surface area (Å²) in [7, 11) is 0. The topological polar surface area (TPSA) is 137 Å². The molecule has 0 fully saturated rings. The summed E-state index contributed by atoms with van der Waals surface area (Å²) < 4.78 is 0. The van der Waals surface area contributed by atoms with Crippen LogP contribution in [-0.4, -0.2) is 47.9 Å². The summed E-state index contributed by atoms with van der Waals surface area (Å²) in [6, 6.07) is 5.16. The molecule has 0 saturated heterocycles. The lowest BCUT2D eigenvalue weighted by Gasteiger charge is -2.24. The molecule has 0 aliphatic rings. The summed E-state index contributed by atoms with van der Waals surface area (Å²) in [5, 5.41) is 19.6. The molecular weight excluding hydrogens is 388 g/mol. The van der Waals surface area contributed by atoms with Crippen LogP contribution in [0.1, 0.15) is 45.6 Å². The minimum absolute atomic E-state index is 0.0847. The SMILES string of the molecule is CC(NC(=O)[C@@H](NC(=O)CCCCNC=O)C(C)C)C(=O)Nc1ccc(CO)cc1. The number of amides is 4. The molecule has 1 aromatic rings. The molecule has 2 atom stereocenters. The molecule has 4 amide bonds. The molecule has 0 aliphatic carbocycles. The van der Waals surface area contributed by atoms with Gasteiger partial charge in [0.05, 0.1) is 6.61 Å². The number of rotatable bonds is 13. The van der Waals surface area contributed by atoms with Gasteiger partial charge >= 0.3 is 0 Å². The van der Waals surface area contributed by atoms with Crippen LogP contribution in [0.5, 0.6) is 0 Å². The Morgan fingerprint density at radius 2 is 1.67 bits per heavy atom. The van der Waals surface area contributed by atoms with E-state index in [-0.39, 0.29) is 24.9 Å². The van der Waals surface area contributed by atoms with Crippen molar-refractivity contribution in [1.82, 2.24) is 16.0 Å². The molecule has 0 aliphatic heterocycles. The molecule has 9 nitrogen and oxygen atoms in total. The molecule has 0 aromatic heterocycles. The van der Waals surface area contributed by atoms with E-state index in [1.807, 2.05) is 13.8 Å². The van der Waals surface area contributed by atoms with Crippen LogP contribution >= 0.6 is 0 Å². The number of nitrogens with one attached hydrogen (secondary N) is 4. The summed E-state index contributed by atoms with van der Waals surface area (Å²) in [4.78, 5) is 47.3. The number of anilines is 1. The van der Waals surface area contributed by atoms with Gasteiger partial charge in [-0.2, -0.15) is 0 Å². The van der Waals surface area contributed by atoms with Gasteiger partial charge in [0.25, 0.3) is 0 Å². The van der Waals surface area contributed by atoms with E-state index in [0.717, 1.165) is 5.56 Å². The van der Waals surface area contributed by atoms with Gasteiger partial charge < -0.3 is 26.4 Å². The van der Waals surface area contributed by atoms with Crippen molar-refractivity contribution < 1.29 is 24.3 Å². The molecule has 1 aromatic carbocycles. The maximum Gasteiger partial charge on any atom is 0.246 e. The highest BCUT2D eigenvalue weighted by atomic mass is 16.3. The summed E-state index contributed by atoms with van der Waals surface area (Å²) in [5.41, 5.74) is 1.28. The van der Waals surface area contributed by atoms with Gasteiger partial charge in [0, 0.05) is 18.7 Å². The summed E-state index contributed by atoms with van der Waals surface area (Å²) in [5.74, 6) is -1.24. The number of carbonyl (C=O) groups is 4. The van der Waals surface area contributed by atoms with Crippen molar-refractivity contribution in [2.24, 2.45) is 5.92 Å². The Kier molecular flexibility index (Phi) is 11.1. The van der Waals surface area contributed by atoms with Crippen molar-refractivity contribution >= 4 is 29.8 Å². The second kappa shape index (κ2) is 13.3. The monoisotopic (exact) mass is 420 g/mol. The van der Waals surface area contributed by atoms with Gasteiger partial charge in [0.1, 0.15) is 12.1 Å². The Bertz CT molecular complexity index is 706. The van der Waals surface area contributed by atoms with Crippen LogP contribution in [0, 0.1) is 5.92 Å². The number of aliphatic hydroxyl groups excluding tert-OH is 1. The van der Waals surface area contributed by atoms with Crippen molar-refractivity contribution in [3.8, 4) is 0 Å². The molecule has 5 N–H and O–H groups in total. The first-order valence-corrected chi connectivity index (χ1v) is 10.1. The van der Waals surface area contributed by atoms with Crippen molar-refractivity contribution in [1.29, 1.82) is 0 Å². The molecule has 1 unspecified atom stereocenters. The van der Waals surface area contributed by atoms with E-state index >= 15 is 0 Å². The lowest BCUT2D eigenvalue weighted by molar-refractivity contribution is -0.131. The number of benzene rings is 1. The first kappa shape index (κ1) is 25.1. The second-order valence-corrected chi connectivity index (χ2v) is 7.39. The van der Waals surface area contributed by atoms with Crippen molar-refractivity contribution in [2.45, 2.75) is 58.7 Å². The highest BCUT2D eigenvalue weighted by Gasteiger charge is 2.26. The average molecular weight is 421 g/mol. The molecule has 9 heteroatoms. The number of aliphatic hydroxyl groups is 1. The maximum atomic E-state index is 12.6. The number of hydrogen-bond donors (Lipinski definition) is 5. The average Bonchev–Trinajstić information content (AvgIpc) is 2.72. The summed E-state index contributed by atoms with van der Waals surface area (Å²) in [6.45, 7) is 5.60. The van der Waals surface area contributed by atoms with Gasteiger partial charge in [-0.05, 0) is 43.4 Å². The minimum Gasteiger partial charge on any atom is -0.392 e. The molecule has 1 rings (SSSR count). The molecule has 0 spiro atoms. The molecule has 30 heavy (non-hydrogen) atoms. The third kappa shape index (κ3) is 9.04. The lowest BCUT2D eigenvalue weighted by atomic mass is 10.0. The van der Waals surface area contributed by atoms with Crippen LogP contribution in [0.15, 0.2) is 24.3 Å². The standard InChI is InChI=1S/C21H32N4O5/c1-14(2)19(25-18(28)6-4-5-11-22-13-27)21(30)23-15(3)20(29)24-17-9-7-16(12-26)8-10-17/h7-10,13-15,19,26H,4-6,11-12H2,1-3H3,(H,22,27)(H,23,30)(H,24,29)(H,25,28)/t15?,19-/m0/s1. The Labute approximate surface area is 177 Å². The van der Waals surface area contributed by atoms with Crippen LogP contribution in [0.4, 0.5) is 5.69 Å². The van der Waals surface area contributed by atoms with Crippen molar-refractivity contribution in [3.63, 3.8) is 0 Å². The molecule has 0 radical (unpaired) electrons. The van der Waals surface area contributed by atoms with Crippen molar-refractivity contribution in [3.05, 3.63) is 29.8 Å². The molecule has 0 heterocycles. The highest BCUT2D eigenvalue weighted by molar-refractivity contribution is 5.98. The van der Waals surface area contributed by atoms with E-state index in [0.29, 0.717) is 31.5 Å². The van der Waals surface area contributed by atoms with Crippen molar-refractivity contribution in [2.75, 3.05) is 11.9 Å². The van der Waals surface area contributed by atoms with Gasteiger partial charge in [-0.3, -0.25) is 19.2 Å². The smallest absolute Gasteiger partial charge is 0.246 e. The van der Waals surface area contributed by atoms with Gasteiger partial charge in [0.15, 0.2) is 0 Å². The molecular formula is C21H32N4O5. The predicted molar refractivity (Wildman–Crippen MR) is 113 cm³/mol. The number of hydrogen-bond acceptors (Lipinski definition) is 5.